The summed E-state index contributed by atoms with van der Waals surface area (Å²) in [4.78, 5) is 17.1. The normalized spacial score (nSPS) is 10.7. The lowest BCUT2D eigenvalue weighted by atomic mass is 10.3. The third-order valence-electron chi connectivity index (χ3n) is 3.78. The topological polar surface area (TPSA) is 61.9 Å². The third kappa shape index (κ3) is 3.52. The molecule has 0 N–H and O–H groups in total. The average Bonchev–Trinajstić information content (AvgIpc) is 3.19. The van der Waals surface area contributed by atoms with Crippen LogP contribution >= 0.6 is 15.9 Å². The van der Waals surface area contributed by atoms with E-state index in [0.717, 1.165) is 9.15 Å². The van der Waals surface area contributed by atoms with Crippen molar-refractivity contribution in [3.8, 4) is 22.9 Å². The Morgan fingerprint density at radius 2 is 1.93 bits per heavy atom. The maximum Gasteiger partial charge on any atom is 0.316 e. The molecule has 134 valence electrons. The number of imidazole rings is 1. The maximum absolute atomic E-state index is 13.6. The molecular formula is C19H12BrFN4O2. The van der Waals surface area contributed by atoms with E-state index in [0.29, 0.717) is 17.1 Å². The Kier molecular flexibility index (Phi) is 4.55. The number of hydrogen-bond acceptors (Lipinski definition) is 4. The van der Waals surface area contributed by atoms with Crippen LogP contribution in [0.4, 0.5) is 4.39 Å². The number of rotatable bonds is 4. The predicted molar refractivity (Wildman–Crippen MR) is 101 cm³/mol. The van der Waals surface area contributed by atoms with E-state index < -0.39 is 11.4 Å². The minimum absolute atomic E-state index is 0.0505. The van der Waals surface area contributed by atoms with E-state index >= 15 is 0 Å². The molecule has 2 heterocycles. The third-order valence-corrected chi connectivity index (χ3v) is 4.31. The molecule has 0 radical (unpaired) electrons. The van der Waals surface area contributed by atoms with Gasteiger partial charge in [-0.2, -0.15) is 9.78 Å². The summed E-state index contributed by atoms with van der Waals surface area (Å²) < 4.78 is 23.1. The molecule has 27 heavy (non-hydrogen) atoms. The van der Waals surface area contributed by atoms with Gasteiger partial charge in [0.05, 0.1) is 18.2 Å². The van der Waals surface area contributed by atoms with Gasteiger partial charge in [0, 0.05) is 16.9 Å². The average molecular weight is 427 g/mol. The summed E-state index contributed by atoms with van der Waals surface area (Å²) in [6, 6.07) is 12.7. The van der Waals surface area contributed by atoms with E-state index in [1.165, 1.54) is 30.7 Å². The van der Waals surface area contributed by atoms with Crippen LogP contribution in [-0.4, -0.2) is 19.3 Å². The summed E-state index contributed by atoms with van der Waals surface area (Å²) in [5.41, 5.74) is 0.209. The Morgan fingerprint density at radius 3 is 2.63 bits per heavy atom. The van der Waals surface area contributed by atoms with Gasteiger partial charge in [0.15, 0.2) is 0 Å². The van der Waals surface area contributed by atoms with Gasteiger partial charge in [-0.3, -0.25) is 4.79 Å². The molecule has 0 amide bonds. The fraction of sp³-hybridized carbons (Fsp3) is 0. The molecule has 0 fully saturated rings. The van der Waals surface area contributed by atoms with Crippen molar-refractivity contribution in [3.05, 3.63) is 94.1 Å². The van der Waals surface area contributed by atoms with Gasteiger partial charge < -0.3 is 9.30 Å². The fourth-order valence-electron chi connectivity index (χ4n) is 2.52. The van der Waals surface area contributed by atoms with Crippen molar-refractivity contribution in [3.63, 3.8) is 0 Å². The molecule has 0 spiro atoms. The second-order valence-electron chi connectivity index (χ2n) is 5.58. The van der Waals surface area contributed by atoms with Crippen LogP contribution in [-0.2, 0) is 0 Å². The number of nitrogens with zero attached hydrogens (tertiary/aromatic N) is 4. The van der Waals surface area contributed by atoms with E-state index in [2.05, 4.69) is 26.0 Å². The Hall–Kier alpha value is -3.26. The molecule has 0 bridgehead atoms. The lowest BCUT2D eigenvalue weighted by Crippen LogP contribution is -2.24. The monoisotopic (exact) mass is 426 g/mol. The molecule has 2 aromatic carbocycles. The fourth-order valence-corrected chi connectivity index (χ4v) is 2.79. The highest BCUT2D eigenvalue weighted by Gasteiger charge is 2.17. The molecule has 0 aliphatic rings. The van der Waals surface area contributed by atoms with E-state index in [9.17, 15) is 9.18 Å². The Bertz CT molecular complexity index is 1140. The van der Waals surface area contributed by atoms with Gasteiger partial charge in [-0.15, -0.1) is 0 Å². The van der Waals surface area contributed by atoms with Gasteiger partial charge in [-0.25, -0.2) is 9.37 Å². The van der Waals surface area contributed by atoms with Crippen LogP contribution in [0.2, 0.25) is 0 Å². The zero-order chi connectivity index (χ0) is 18.8. The molecule has 4 rings (SSSR count). The van der Waals surface area contributed by atoms with Crippen molar-refractivity contribution >= 4 is 15.9 Å². The number of benzene rings is 2. The standard InChI is InChI=1S/C19H12BrFN4O2/c20-13-4-6-16(7-5-13)27-18-17(24-9-8-22-12-24)11-23-25(19(18)26)15-3-1-2-14(21)10-15/h1-12H. The maximum atomic E-state index is 13.6. The number of hydrogen-bond donors (Lipinski definition) is 0. The lowest BCUT2D eigenvalue weighted by molar-refractivity contribution is 0.464. The van der Waals surface area contributed by atoms with Crippen LogP contribution in [0.5, 0.6) is 11.5 Å². The SMILES string of the molecule is O=c1c(Oc2ccc(Br)cc2)c(-n2ccnc2)cnn1-c1cccc(F)c1. The highest BCUT2D eigenvalue weighted by atomic mass is 79.9. The molecule has 0 aliphatic heterocycles. The van der Waals surface area contributed by atoms with Crippen LogP contribution in [0.3, 0.4) is 0 Å². The van der Waals surface area contributed by atoms with E-state index in [4.69, 9.17) is 4.74 Å². The van der Waals surface area contributed by atoms with Gasteiger partial charge in [0.25, 0.3) is 0 Å². The van der Waals surface area contributed by atoms with Crippen molar-refractivity contribution in [2.75, 3.05) is 0 Å². The Morgan fingerprint density at radius 1 is 1.11 bits per heavy atom. The first kappa shape index (κ1) is 17.2. The van der Waals surface area contributed by atoms with Crippen molar-refractivity contribution in [1.82, 2.24) is 19.3 Å². The van der Waals surface area contributed by atoms with Crippen LogP contribution in [0.1, 0.15) is 0 Å². The van der Waals surface area contributed by atoms with Gasteiger partial charge in [-0.1, -0.05) is 22.0 Å². The summed E-state index contributed by atoms with van der Waals surface area (Å²) >= 11 is 3.36. The molecule has 2 aromatic heterocycles. The zero-order valence-electron chi connectivity index (χ0n) is 13.8. The summed E-state index contributed by atoms with van der Waals surface area (Å²) in [7, 11) is 0. The summed E-state index contributed by atoms with van der Waals surface area (Å²) in [6.07, 6.45) is 6.28. The van der Waals surface area contributed by atoms with Gasteiger partial charge in [0.2, 0.25) is 5.75 Å². The highest BCUT2D eigenvalue weighted by Crippen LogP contribution is 2.26. The smallest absolute Gasteiger partial charge is 0.316 e. The largest absolute Gasteiger partial charge is 0.449 e. The first-order valence-corrected chi connectivity index (χ1v) is 8.71. The molecule has 8 heteroatoms. The minimum atomic E-state index is -0.519. The molecule has 0 atom stereocenters. The van der Waals surface area contributed by atoms with Crippen molar-refractivity contribution in [1.29, 1.82) is 0 Å². The molecule has 0 saturated carbocycles. The van der Waals surface area contributed by atoms with Crippen LogP contribution < -0.4 is 10.3 Å². The molecular weight excluding hydrogens is 415 g/mol. The second-order valence-corrected chi connectivity index (χ2v) is 6.50. The first-order valence-electron chi connectivity index (χ1n) is 7.92. The van der Waals surface area contributed by atoms with Gasteiger partial charge >= 0.3 is 5.56 Å². The van der Waals surface area contributed by atoms with E-state index in [1.54, 1.807) is 47.3 Å². The predicted octanol–water partition coefficient (Wildman–Crippen LogP) is 4.11. The van der Waals surface area contributed by atoms with Crippen LogP contribution in [0.25, 0.3) is 11.4 Å². The quantitative estimate of drug-likeness (QED) is 0.492. The summed E-state index contributed by atoms with van der Waals surface area (Å²) in [5, 5.41) is 4.16. The molecule has 6 nitrogen and oxygen atoms in total. The zero-order valence-corrected chi connectivity index (χ0v) is 15.4. The minimum Gasteiger partial charge on any atom is -0.449 e. The Labute approximate surface area is 161 Å². The van der Waals surface area contributed by atoms with Crippen LogP contribution in [0, 0.1) is 5.82 Å². The summed E-state index contributed by atoms with van der Waals surface area (Å²) in [5.74, 6) is 0.0681. The molecule has 4 aromatic rings. The Balaban J connectivity index is 1.88. The number of ether oxygens (including phenoxy) is 1. The van der Waals surface area contributed by atoms with Gasteiger partial charge in [-0.05, 0) is 42.5 Å². The first-order chi connectivity index (χ1) is 13.1. The number of aromatic nitrogens is 4. The van der Waals surface area contributed by atoms with Crippen molar-refractivity contribution < 1.29 is 9.13 Å². The van der Waals surface area contributed by atoms with Crippen molar-refractivity contribution in [2.24, 2.45) is 0 Å². The number of halogens is 2. The van der Waals surface area contributed by atoms with E-state index in [-0.39, 0.29) is 5.75 Å². The highest BCUT2D eigenvalue weighted by molar-refractivity contribution is 9.10. The summed E-state index contributed by atoms with van der Waals surface area (Å²) in [6.45, 7) is 0. The van der Waals surface area contributed by atoms with E-state index in [1.807, 2.05) is 0 Å². The van der Waals surface area contributed by atoms with Gasteiger partial charge in [0.1, 0.15) is 17.3 Å². The second kappa shape index (κ2) is 7.16. The lowest BCUT2D eigenvalue weighted by Gasteiger charge is -2.13. The molecule has 0 aliphatic carbocycles. The van der Waals surface area contributed by atoms with Crippen LogP contribution in [0.15, 0.2) is 82.7 Å². The van der Waals surface area contributed by atoms with Crippen molar-refractivity contribution in [2.45, 2.75) is 0 Å². The molecule has 0 saturated heterocycles. The molecule has 0 unspecified atom stereocenters.